The van der Waals surface area contributed by atoms with E-state index in [-0.39, 0.29) is 5.56 Å². The Morgan fingerprint density at radius 2 is 2.07 bits per heavy atom. The monoisotopic (exact) mass is 423 g/mol. The Morgan fingerprint density at radius 1 is 1.36 bits per heavy atom. The SMILES string of the molecule is N[C@@H](COC(=O)c1ccc[n+]([C@@H]2O[C@H](CO[PH](=O)OO)[C@@H](O)[C@H]2O)c1)C(=O)O. The van der Waals surface area contributed by atoms with E-state index >= 15 is 0 Å². The largest absolute Gasteiger partial charge is 0.480 e. The topological polar surface area (TPSA) is 199 Å². The van der Waals surface area contributed by atoms with Crippen molar-refractivity contribution in [1.29, 1.82) is 0 Å². The first kappa shape index (κ1) is 22.3. The first-order valence-electron chi connectivity index (χ1n) is 7.90. The second kappa shape index (κ2) is 10.0. The summed E-state index contributed by atoms with van der Waals surface area (Å²) in [5, 5.41) is 37.1. The van der Waals surface area contributed by atoms with E-state index in [0.29, 0.717) is 0 Å². The number of hydrogen-bond acceptors (Lipinski definition) is 11. The zero-order valence-electron chi connectivity index (χ0n) is 14.3. The van der Waals surface area contributed by atoms with Crippen molar-refractivity contribution in [3.05, 3.63) is 30.1 Å². The summed E-state index contributed by atoms with van der Waals surface area (Å²) in [7, 11) is -3.16. The minimum atomic E-state index is -3.16. The van der Waals surface area contributed by atoms with Crippen molar-refractivity contribution in [2.45, 2.75) is 30.6 Å². The van der Waals surface area contributed by atoms with Crippen molar-refractivity contribution < 1.29 is 58.0 Å². The highest BCUT2D eigenvalue weighted by Crippen LogP contribution is 2.29. The van der Waals surface area contributed by atoms with Gasteiger partial charge in [0, 0.05) is 6.07 Å². The molecule has 13 nitrogen and oxygen atoms in total. The molecule has 1 saturated heterocycles. The van der Waals surface area contributed by atoms with Crippen molar-refractivity contribution >= 4 is 20.2 Å². The number of rotatable bonds is 9. The molecule has 0 saturated carbocycles. The van der Waals surface area contributed by atoms with Gasteiger partial charge < -0.3 is 35.1 Å². The van der Waals surface area contributed by atoms with Crippen LogP contribution in [-0.4, -0.2) is 70.1 Å². The summed E-state index contributed by atoms with van der Waals surface area (Å²) in [6.45, 7) is -0.960. The fourth-order valence-electron chi connectivity index (χ4n) is 2.38. The number of carboxylic acid groups (broad SMARTS) is 1. The maximum absolute atomic E-state index is 12.0. The van der Waals surface area contributed by atoms with Crippen LogP contribution in [0.1, 0.15) is 16.6 Å². The van der Waals surface area contributed by atoms with E-state index in [4.69, 9.17) is 25.6 Å². The first-order chi connectivity index (χ1) is 13.2. The molecule has 1 fully saturated rings. The average molecular weight is 423 g/mol. The molecule has 0 spiro atoms. The van der Waals surface area contributed by atoms with Crippen molar-refractivity contribution in [3.8, 4) is 0 Å². The summed E-state index contributed by atoms with van der Waals surface area (Å²) in [6.07, 6.45) is -2.31. The highest BCUT2D eigenvalue weighted by Gasteiger charge is 2.48. The van der Waals surface area contributed by atoms with Gasteiger partial charge in [-0.05, 0) is 6.07 Å². The third kappa shape index (κ3) is 5.53. The first-order valence-corrected chi connectivity index (χ1v) is 9.13. The molecule has 156 valence electrons. The summed E-state index contributed by atoms with van der Waals surface area (Å²) in [5.41, 5.74) is 5.28. The van der Waals surface area contributed by atoms with Crippen LogP contribution in [-0.2, 0) is 28.0 Å². The van der Waals surface area contributed by atoms with Gasteiger partial charge in [-0.2, -0.15) is 9.24 Å². The van der Waals surface area contributed by atoms with Gasteiger partial charge in [0.1, 0.15) is 30.4 Å². The molecule has 0 aromatic carbocycles. The maximum atomic E-state index is 12.0. The number of carbonyl (C=O) groups is 2. The molecule has 2 rings (SSSR count). The van der Waals surface area contributed by atoms with Crippen molar-refractivity contribution in [2.75, 3.05) is 13.2 Å². The summed E-state index contributed by atoms with van der Waals surface area (Å²) in [5.74, 6) is -2.17. The van der Waals surface area contributed by atoms with Crippen LogP contribution < -0.4 is 10.3 Å². The highest BCUT2D eigenvalue weighted by molar-refractivity contribution is 7.33. The Balaban J connectivity index is 2.05. The van der Waals surface area contributed by atoms with Crippen LogP contribution in [0.15, 0.2) is 24.5 Å². The number of aliphatic hydroxyl groups is 2. The van der Waals surface area contributed by atoms with Crippen LogP contribution in [0, 0.1) is 0 Å². The fraction of sp³-hybridized carbons (Fsp3) is 0.500. The minimum Gasteiger partial charge on any atom is -0.480 e. The van der Waals surface area contributed by atoms with Crippen molar-refractivity contribution in [1.82, 2.24) is 0 Å². The summed E-state index contributed by atoms with van der Waals surface area (Å²) in [4.78, 5) is 22.7. The number of esters is 1. The normalized spacial score (nSPS) is 26.6. The Kier molecular flexibility index (Phi) is 7.98. The standard InChI is InChI=1S/C14H19N2O11P/c15-8(13(19)20)5-24-14(21)7-2-1-3-16(4-7)12-11(18)10(17)9(26-12)6-25-28(23)27-22/h1-4,8-12,17-18,28H,5-6,15H2,(H-,19,20,22)/p+1/t8-,9+,10+,11+,12+/m0/s1. The number of nitrogens with two attached hydrogens (primary N) is 1. The lowest BCUT2D eigenvalue weighted by atomic mass is 10.1. The third-order valence-electron chi connectivity index (χ3n) is 3.84. The maximum Gasteiger partial charge on any atom is 0.346 e. The van der Waals surface area contributed by atoms with Gasteiger partial charge in [0.15, 0.2) is 18.5 Å². The molecule has 1 unspecified atom stereocenters. The Labute approximate surface area is 158 Å². The molecule has 0 amide bonds. The molecule has 0 bridgehead atoms. The molecule has 1 aromatic heterocycles. The Hall–Kier alpha value is -1.96. The lowest BCUT2D eigenvalue weighted by Crippen LogP contribution is -2.46. The Morgan fingerprint density at radius 3 is 2.71 bits per heavy atom. The fourth-order valence-corrected chi connectivity index (χ4v) is 2.73. The lowest BCUT2D eigenvalue weighted by molar-refractivity contribution is -0.765. The zero-order chi connectivity index (χ0) is 20.8. The molecule has 0 radical (unpaired) electrons. The smallest absolute Gasteiger partial charge is 0.346 e. The van der Waals surface area contributed by atoms with E-state index < -0.39 is 64.0 Å². The summed E-state index contributed by atoms with van der Waals surface area (Å²) < 4.78 is 30.7. The van der Waals surface area contributed by atoms with E-state index in [1.165, 1.54) is 29.1 Å². The highest BCUT2D eigenvalue weighted by atomic mass is 31.1. The van der Waals surface area contributed by atoms with Gasteiger partial charge in [-0.3, -0.25) is 9.36 Å². The molecule has 14 heteroatoms. The van der Waals surface area contributed by atoms with E-state index in [2.05, 4.69) is 9.20 Å². The molecule has 1 aliphatic rings. The Bertz CT molecular complexity index is 733. The molecular formula is C14H20N2O11P+. The van der Waals surface area contributed by atoms with Gasteiger partial charge in [-0.25, -0.2) is 10.1 Å². The van der Waals surface area contributed by atoms with E-state index in [1.54, 1.807) is 0 Å². The zero-order valence-corrected chi connectivity index (χ0v) is 15.3. The number of aliphatic hydroxyl groups excluding tert-OH is 2. The number of ether oxygens (including phenoxy) is 2. The summed E-state index contributed by atoms with van der Waals surface area (Å²) in [6, 6.07) is 1.46. The van der Waals surface area contributed by atoms with E-state index in [9.17, 15) is 24.4 Å². The van der Waals surface area contributed by atoms with Crippen LogP contribution in [0.25, 0.3) is 0 Å². The molecule has 6 atom stereocenters. The molecule has 6 N–H and O–H groups in total. The second-order valence-corrected chi connectivity index (χ2v) is 6.75. The molecule has 1 aliphatic heterocycles. The average Bonchev–Trinajstić information content (AvgIpc) is 2.98. The van der Waals surface area contributed by atoms with Crippen LogP contribution in [0.2, 0.25) is 0 Å². The van der Waals surface area contributed by atoms with Gasteiger partial charge in [-0.15, -0.1) is 0 Å². The van der Waals surface area contributed by atoms with Gasteiger partial charge in [-0.1, -0.05) is 0 Å². The lowest BCUT2D eigenvalue weighted by Gasteiger charge is -2.12. The number of carbonyl (C=O) groups excluding carboxylic acids is 1. The number of aliphatic carboxylic acids is 1. The molecular weight excluding hydrogens is 403 g/mol. The minimum absolute atomic E-state index is 0.0174. The molecule has 0 aliphatic carbocycles. The van der Waals surface area contributed by atoms with Crippen molar-refractivity contribution in [2.24, 2.45) is 5.73 Å². The predicted octanol–water partition coefficient (Wildman–Crippen LogP) is -1.94. The van der Waals surface area contributed by atoms with Gasteiger partial charge in [0.05, 0.1) is 6.61 Å². The summed E-state index contributed by atoms with van der Waals surface area (Å²) >= 11 is 0. The van der Waals surface area contributed by atoms with Crippen LogP contribution in [0.4, 0.5) is 0 Å². The molecule has 1 aromatic rings. The van der Waals surface area contributed by atoms with Gasteiger partial charge >= 0.3 is 20.2 Å². The molecule has 28 heavy (non-hydrogen) atoms. The third-order valence-corrected chi connectivity index (χ3v) is 4.39. The second-order valence-electron chi connectivity index (χ2n) is 5.78. The number of aromatic nitrogens is 1. The number of carboxylic acids is 1. The van der Waals surface area contributed by atoms with Crippen LogP contribution >= 0.6 is 8.25 Å². The quantitative estimate of drug-likeness (QED) is 0.0969. The van der Waals surface area contributed by atoms with E-state index in [0.717, 1.165) is 0 Å². The van der Waals surface area contributed by atoms with Gasteiger partial charge in [0.25, 0.3) is 6.23 Å². The number of hydrogen-bond donors (Lipinski definition) is 5. The van der Waals surface area contributed by atoms with Gasteiger partial charge in [0.2, 0.25) is 0 Å². The van der Waals surface area contributed by atoms with Crippen LogP contribution in [0.3, 0.4) is 0 Å². The molecule has 2 heterocycles. The number of pyridine rings is 1. The van der Waals surface area contributed by atoms with Crippen LogP contribution in [0.5, 0.6) is 0 Å². The van der Waals surface area contributed by atoms with E-state index in [1.807, 2.05) is 0 Å². The number of nitrogens with zero attached hydrogens (tertiary/aromatic N) is 1. The predicted molar refractivity (Wildman–Crippen MR) is 87.1 cm³/mol. The van der Waals surface area contributed by atoms with Crippen molar-refractivity contribution in [3.63, 3.8) is 0 Å².